The van der Waals surface area contributed by atoms with Gasteiger partial charge in [-0.2, -0.15) is 0 Å². The molecule has 1 amide bonds. The highest BCUT2D eigenvalue weighted by atomic mass is 16.5. The Morgan fingerprint density at radius 2 is 1.90 bits per heavy atom. The highest BCUT2D eigenvalue weighted by Gasteiger charge is 2.43. The van der Waals surface area contributed by atoms with E-state index in [4.69, 9.17) is 9.15 Å². The fraction of sp³-hybridized carbons (Fsp3) is 0.360. The van der Waals surface area contributed by atoms with Crippen molar-refractivity contribution in [2.24, 2.45) is 0 Å². The van der Waals surface area contributed by atoms with Crippen LogP contribution in [0.3, 0.4) is 0 Å². The number of aryl methyl sites for hydroxylation is 2. The fourth-order valence-corrected chi connectivity index (χ4v) is 4.61. The van der Waals surface area contributed by atoms with Crippen molar-refractivity contribution in [1.82, 2.24) is 4.90 Å². The first kappa shape index (κ1) is 19.1. The Bertz CT molecular complexity index is 1170. The third-order valence-corrected chi connectivity index (χ3v) is 6.25. The predicted molar refractivity (Wildman–Crippen MR) is 115 cm³/mol. The molecule has 3 heterocycles. The van der Waals surface area contributed by atoms with Crippen molar-refractivity contribution in [2.45, 2.75) is 45.3 Å². The van der Waals surface area contributed by atoms with E-state index in [-0.39, 0.29) is 23.2 Å². The van der Waals surface area contributed by atoms with Crippen molar-refractivity contribution < 1.29 is 13.9 Å². The molecule has 5 heteroatoms. The normalized spacial score (nSPS) is 20.9. The quantitative estimate of drug-likeness (QED) is 0.648. The summed E-state index contributed by atoms with van der Waals surface area (Å²) < 4.78 is 11.8. The molecule has 2 unspecified atom stereocenters. The van der Waals surface area contributed by atoms with Gasteiger partial charge < -0.3 is 14.1 Å². The van der Waals surface area contributed by atoms with Crippen molar-refractivity contribution in [3.05, 3.63) is 80.7 Å². The van der Waals surface area contributed by atoms with E-state index in [1.54, 1.807) is 11.0 Å². The monoisotopic (exact) mass is 403 g/mol. The lowest BCUT2D eigenvalue weighted by Crippen LogP contribution is -2.36. The predicted octanol–water partition coefficient (Wildman–Crippen LogP) is 4.39. The summed E-state index contributed by atoms with van der Waals surface area (Å²) in [6.45, 7) is 5.23. The number of rotatable bonds is 4. The Morgan fingerprint density at radius 1 is 1.10 bits per heavy atom. The number of hydrogen-bond acceptors (Lipinski definition) is 4. The Labute approximate surface area is 175 Å². The number of fused-ring (bicyclic) bond motifs is 2. The fourth-order valence-electron chi connectivity index (χ4n) is 4.61. The summed E-state index contributed by atoms with van der Waals surface area (Å²) >= 11 is 0. The van der Waals surface area contributed by atoms with Gasteiger partial charge in [0.05, 0.1) is 23.1 Å². The van der Waals surface area contributed by atoms with Gasteiger partial charge in [-0.15, -0.1) is 0 Å². The zero-order valence-corrected chi connectivity index (χ0v) is 17.3. The molecule has 2 aliphatic rings. The van der Waals surface area contributed by atoms with Crippen LogP contribution in [0.4, 0.5) is 0 Å². The summed E-state index contributed by atoms with van der Waals surface area (Å²) in [5.41, 5.74) is 3.91. The molecule has 1 fully saturated rings. The maximum atomic E-state index is 13.5. The second kappa shape index (κ2) is 7.40. The number of carbonyl (C=O) groups excluding carboxylic acids is 1. The Kier molecular flexibility index (Phi) is 4.70. The third kappa shape index (κ3) is 3.05. The van der Waals surface area contributed by atoms with E-state index in [2.05, 4.69) is 19.1 Å². The van der Waals surface area contributed by atoms with Gasteiger partial charge in [0.1, 0.15) is 5.58 Å². The molecule has 2 atom stereocenters. The molecular weight excluding hydrogens is 378 g/mol. The van der Waals surface area contributed by atoms with Crippen LogP contribution in [0.25, 0.3) is 11.0 Å². The second-order valence-electron chi connectivity index (χ2n) is 8.26. The van der Waals surface area contributed by atoms with Crippen molar-refractivity contribution in [3.63, 3.8) is 0 Å². The van der Waals surface area contributed by atoms with E-state index >= 15 is 0 Å². The molecular formula is C25H25NO4. The number of benzene rings is 2. The van der Waals surface area contributed by atoms with E-state index in [1.807, 2.05) is 31.2 Å². The molecule has 1 saturated heterocycles. The molecule has 0 aliphatic carbocycles. The molecule has 3 aromatic rings. The van der Waals surface area contributed by atoms with E-state index < -0.39 is 6.04 Å². The van der Waals surface area contributed by atoms with Crippen molar-refractivity contribution in [1.29, 1.82) is 0 Å². The largest absolute Gasteiger partial charge is 0.450 e. The topological polar surface area (TPSA) is 59.8 Å². The highest BCUT2D eigenvalue weighted by molar-refractivity contribution is 5.99. The van der Waals surface area contributed by atoms with Gasteiger partial charge in [0, 0.05) is 13.2 Å². The van der Waals surface area contributed by atoms with Crippen molar-refractivity contribution in [3.8, 4) is 0 Å². The first-order chi connectivity index (χ1) is 14.6. The lowest BCUT2D eigenvalue weighted by Gasteiger charge is -2.27. The lowest BCUT2D eigenvalue weighted by molar-refractivity contribution is 0.0486. The first-order valence-electron chi connectivity index (χ1n) is 10.7. The van der Waals surface area contributed by atoms with Crippen LogP contribution < -0.4 is 5.43 Å². The number of ether oxygens (including phenoxy) is 1. The molecule has 5 nitrogen and oxygen atoms in total. The Morgan fingerprint density at radius 3 is 2.60 bits per heavy atom. The lowest BCUT2D eigenvalue weighted by atomic mass is 9.96. The van der Waals surface area contributed by atoms with Gasteiger partial charge in [0.2, 0.25) is 5.76 Å². The van der Waals surface area contributed by atoms with E-state index in [1.165, 1.54) is 5.56 Å². The van der Waals surface area contributed by atoms with Crippen LogP contribution in [0.5, 0.6) is 0 Å². The maximum absolute atomic E-state index is 13.5. The van der Waals surface area contributed by atoms with E-state index in [0.717, 1.165) is 37.0 Å². The minimum atomic E-state index is -0.455. The average molecular weight is 403 g/mol. The van der Waals surface area contributed by atoms with E-state index in [9.17, 15) is 9.59 Å². The molecule has 0 spiro atoms. The molecule has 5 rings (SSSR count). The number of hydrogen-bond donors (Lipinski definition) is 0. The molecule has 2 aliphatic heterocycles. The van der Waals surface area contributed by atoms with Crippen LogP contribution in [0.2, 0.25) is 0 Å². The van der Waals surface area contributed by atoms with Gasteiger partial charge in [0.25, 0.3) is 5.91 Å². The second-order valence-corrected chi connectivity index (χ2v) is 8.26. The zero-order valence-electron chi connectivity index (χ0n) is 17.3. The molecule has 30 heavy (non-hydrogen) atoms. The minimum Gasteiger partial charge on any atom is -0.450 e. The van der Waals surface area contributed by atoms with Crippen LogP contribution in [0, 0.1) is 6.92 Å². The average Bonchev–Trinajstić information content (AvgIpc) is 3.37. The summed E-state index contributed by atoms with van der Waals surface area (Å²) in [6.07, 6.45) is 2.85. The molecule has 1 aromatic heterocycles. The summed E-state index contributed by atoms with van der Waals surface area (Å²) in [5.74, 6) is -0.0661. The van der Waals surface area contributed by atoms with Crippen molar-refractivity contribution >= 4 is 16.9 Å². The summed E-state index contributed by atoms with van der Waals surface area (Å²) in [5, 5.41) is 0.524. The number of amides is 1. The smallest absolute Gasteiger partial charge is 0.291 e. The number of carbonyl (C=O) groups is 1. The minimum absolute atomic E-state index is 0.00700. The van der Waals surface area contributed by atoms with Gasteiger partial charge in [-0.25, -0.2) is 0 Å². The molecule has 0 radical (unpaired) electrons. The van der Waals surface area contributed by atoms with Crippen LogP contribution in [-0.2, 0) is 11.2 Å². The highest BCUT2D eigenvalue weighted by Crippen LogP contribution is 2.39. The van der Waals surface area contributed by atoms with Crippen LogP contribution in [-0.4, -0.2) is 30.1 Å². The van der Waals surface area contributed by atoms with Crippen LogP contribution in [0.1, 0.15) is 58.6 Å². The molecule has 0 bridgehead atoms. The molecule has 0 saturated carbocycles. The summed E-state index contributed by atoms with van der Waals surface area (Å²) in [6, 6.07) is 13.2. The molecule has 154 valence electrons. The van der Waals surface area contributed by atoms with Gasteiger partial charge in [-0.1, -0.05) is 42.8 Å². The Hall–Kier alpha value is -2.92. The summed E-state index contributed by atoms with van der Waals surface area (Å²) in [7, 11) is 0. The first-order valence-corrected chi connectivity index (χ1v) is 10.7. The van der Waals surface area contributed by atoms with Gasteiger partial charge in [-0.3, -0.25) is 9.59 Å². The van der Waals surface area contributed by atoms with Crippen molar-refractivity contribution in [2.75, 3.05) is 13.2 Å². The van der Waals surface area contributed by atoms with Crippen LogP contribution >= 0.6 is 0 Å². The van der Waals surface area contributed by atoms with Gasteiger partial charge >= 0.3 is 0 Å². The molecule has 0 N–H and O–H groups in total. The van der Waals surface area contributed by atoms with Crippen LogP contribution in [0.15, 0.2) is 51.7 Å². The Balaban J connectivity index is 1.69. The standard InChI is InChI=1S/C25H25NO4/c1-3-16-7-9-17(10-8-16)22-21-23(27)19-13-15(2)6-11-20(19)30-24(21)25(28)26(22)14-18-5-4-12-29-18/h6-11,13,18,22H,3-5,12,14H2,1-2H3. The third-order valence-electron chi connectivity index (χ3n) is 6.25. The number of nitrogens with zero attached hydrogens (tertiary/aromatic N) is 1. The maximum Gasteiger partial charge on any atom is 0.291 e. The van der Waals surface area contributed by atoms with Gasteiger partial charge in [0.15, 0.2) is 5.43 Å². The van der Waals surface area contributed by atoms with E-state index in [0.29, 0.717) is 23.1 Å². The molecule has 2 aromatic carbocycles. The SMILES string of the molecule is CCc1ccc(C2c3c(oc4ccc(C)cc4c3=O)C(=O)N2CC2CCCO2)cc1. The van der Waals surface area contributed by atoms with Gasteiger partial charge in [-0.05, 0) is 49.4 Å². The zero-order chi connectivity index (χ0) is 20.8. The summed E-state index contributed by atoms with van der Waals surface area (Å²) in [4.78, 5) is 28.7.